The Labute approximate surface area is 115 Å². The molecule has 1 aromatic carbocycles. The summed E-state index contributed by atoms with van der Waals surface area (Å²) in [7, 11) is 0. The molecule has 0 aliphatic heterocycles. The fourth-order valence-corrected chi connectivity index (χ4v) is 2.67. The molecule has 19 heavy (non-hydrogen) atoms. The first kappa shape index (κ1) is 14.1. The first-order valence-corrected chi connectivity index (χ1v) is 7.22. The van der Waals surface area contributed by atoms with E-state index in [0.29, 0.717) is 13.0 Å². The Kier molecular flexibility index (Phi) is 4.97. The molecule has 0 spiro atoms. The molecular weight excluding hydrogens is 238 g/mol. The topological polar surface area (TPSA) is 52.3 Å². The Morgan fingerprint density at radius 2 is 2.26 bits per heavy atom. The van der Waals surface area contributed by atoms with Crippen LogP contribution in [0.15, 0.2) is 24.3 Å². The van der Waals surface area contributed by atoms with Crippen LogP contribution in [0.1, 0.15) is 49.8 Å². The van der Waals surface area contributed by atoms with Gasteiger partial charge >= 0.3 is 5.97 Å². The molecule has 0 aromatic heterocycles. The van der Waals surface area contributed by atoms with Gasteiger partial charge in [0, 0.05) is 6.42 Å². The average Bonchev–Trinajstić information content (AvgIpc) is 2.45. The van der Waals surface area contributed by atoms with Gasteiger partial charge in [-0.15, -0.1) is 0 Å². The maximum atomic E-state index is 12.0. The fraction of sp³-hybridized carbons (Fsp3) is 0.562. The summed E-state index contributed by atoms with van der Waals surface area (Å²) in [5, 5.41) is 0. The molecule has 0 fully saturated rings. The van der Waals surface area contributed by atoms with Crippen molar-refractivity contribution < 1.29 is 9.53 Å². The first-order chi connectivity index (χ1) is 9.24. The monoisotopic (exact) mass is 261 g/mol. The Balaban J connectivity index is 1.99. The minimum atomic E-state index is -0.112. The van der Waals surface area contributed by atoms with Gasteiger partial charge in [-0.25, -0.2) is 0 Å². The number of carbonyl (C=O) groups excluding carboxylic acids is 1. The van der Waals surface area contributed by atoms with E-state index < -0.39 is 0 Å². The Hall–Kier alpha value is -1.35. The number of esters is 1. The van der Waals surface area contributed by atoms with Crippen LogP contribution in [-0.2, 0) is 16.0 Å². The van der Waals surface area contributed by atoms with Crippen LogP contribution in [0.3, 0.4) is 0 Å². The molecule has 2 rings (SSSR count). The molecule has 0 amide bonds. The molecule has 3 heteroatoms. The van der Waals surface area contributed by atoms with E-state index in [2.05, 4.69) is 19.1 Å². The van der Waals surface area contributed by atoms with Crippen molar-refractivity contribution in [3.8, 4) is 0 Å². The van der Waals surface area contributed by atoms with Gasteiger partial charge in [-0.05, 0) is 42.9 Å². The highest BCUT2D eigenvalue weighted by atomic mass is 16.5. The maximum absolute atomic E-state index is 12.0. The predicted molar refractivity (Wildman–Crippen MR) is 75.7 cm³/mol. The van der Waals surface area contributed by atoms with Crippen LogP contribution in [0.4, 0.5) is 0 Å². The van der Waals surface area contributed by atoms with Crippen molar-refractivity contribution in [3.63, 3.8) is 0 Å². The summed E-state index contributed by atoms with van der Waals surface area (Å²) < 4.78 is 5.66. The van der Waals surface area contributed by atoms with E-state index in [-0.39, 0.29) is 18.0 Å². The normalized spacial score (nSPS) is 19.6. The van der Waals surface area contributed by atoms with Crippen molar-refractivity contribution in [2.45, 2.75) is 45.1 Å². The molecule has 3 nitrogen and oxygen atoms in total. The highest BCUT2D eigenvalue weighted by Crippen LogP contribution is 2.32. The number of ether oxygens (including phenoxy) is 1. The molecule has 2 N–H and O–H groups in total. The zero-order valence-electron chi connectivity index (χ0n) is 11.6. The lowest BCUT2D eigenvalue weighted by atomic mass is 9.89. The Morgan fingerprint density at radius 3 is 3.00 bits per heavy atom. The third-order valence-corrected chi connectivity index (χ3v) is 3.95. The molecule has 0 saturated carbocycles. The van der Waals surface area contributed by atoms with Crippen LogP contribution in [0.25, 0.3) is 0 Å². The van der Waals surface area contributed by atoms with Gasteiger partial charge < -0.3 is 10.5 Å². The van der Waals surface area contributed by atoms with Crippen LogP contribution < -0.4 is 5.73 Å². The number of hydrogen-bond donors (Lipinski definition) is 1. The Bertz CT molecular complexity index is 427. The number of fused-ring (bicyclic) bond motifs is 1. The van der Waals surface area contributed by atoms with E-state index in [0.717, 1.165) is 25.7 Å². The van der Waals surface area contributed by atoms with Gasteiger partial charge in [0.1, 0.15) is 6.10 Å². The summed E-state index contributed by atoms with van der Waals surface area (Å²) in [6, 6.07) is 8.26. The highest BCUT2D eigenvalue weighted by Gasteiger charge is 2.24. The summed E-state index contributed by atoms with van der Waals surface area (Å²) in [6.45, 7) is 2.60. The number of hydrogen-bond acceptors (Lipinski definition) is 3. The van der Waals surface area contributed by atoms with Crippen LogP contribution in [0.5, 0.6) is 0 Å². The fourth-order valence-electron chi connectivity index (χ4n) is 2.67. The van der Waals surface area contributed by atoms with Crippen molar-refractivity contribution in [2.24, 2.45) is 11.7 Å². The van der Waals surface area contributed by atoms with Crippen LogP contribution in [0, 0.1) is 5.92 Å². The summed E-state index contributed by atoms with van der Waals surface area (Å²) in [6.07, 6.45) is 4.40. The Morgan fingerprint density at radius 1 is 1.47 bits per heavy atom. The summed E-state index contributed by atoms with van der Waals surface area (Å²) >= 11 is 0. The van der Waals surface area contributed by atoms with E-state index in [1.54, 1.807) is 0 Å². The van der Waals surface area contributed by atoms with Gasteiger partial charge in [0.05, 0.1) is 0 Å². The zero-order valence-corrected chi connectivity index (χ0v) is 11.6. The van der Waals surface area contributed by atoms with Crippen LogP contribution in [-0.4, -0.2) is 12.5 Å². The second-order valence-corrected chi connectivity index (χ2v) is 5.28. The third kappa shape index (κ3) is 3.57. The van der Waals surface area contributed by atoms with Crippen molar-refractivity contribution in [1.82, 2.24) is 0 Å². The zero-order chi connectivity index (χ0) is 13.7. The van der Waals surface area contributed by atoms with Gasteiger partial charge in [-0.3, -0.25) is 4.79 Å². The van der Waals surface area contributed by atoms with E-state index in [1.807, 2.05) is 12.1 Å². The largest absolute Gasteiger partial charge is 0.457 e. The number of nitrogens with two attached hydrogens (primary N) is 1. The quantitative estimate of drug-likeness (QED) is 0.829. The number of rotatable bonds is 5. The molecule has 1 aliphatic carbocycles. The average molecular weight is 261 g/mol. The molecule has 0 heterocycles. The van der Waals surface area contributed by atoms with Crippen molar-refractivity contribution in [2.75, 3.05) is 6.54 Å². The second-order valence-electron chi connectivity index (χ2n) is 5.28. The molecule has 0 bridgehead atoms. The molecular formula is C16H23NO2. The van der Waals surface area contributed by atoms with Crippen molar-refractivity contribution in [1.29, 1.82) is 0 Å². The second kappa shape index (κ2) is 6.71. The maximum Gasteiger partial charge on any atom is 0.306 e. The van der Waals surface area contributed by atoms with Crippen LogP contribution in [0.2, 0.25) is 0 Å². The van der Waals surface area contributed by atoms with E-state index in [9.17, 15) is 4.79 Å². The van der Waals surface area contributed by atoms with E-state index in [4.69, 9.17) is 10.5 Å². The van der Waals surface area contributed by atoms with Gasteiger partial charge in [-0.1, -0.05) is 37.6 Å². The lowest BCUT2D eigenvalue weighted by Gasteiger charge is -2.26. The number of carbonyl (C=O) groups is 1. The van der Waals surface area contributed by atoms with Crippen molar-refractivity contribution in [3.05, 3.63) is 35.4 Å². The van der Waals surface area contributed by atoms with Gasteiger partial charge in [0.2, 0.25) is 0 Å². The van der Waals surface area contributed by atoms with Crippen molar-refractivity contribution >= 4 is 5.97 Å². The smallest absolute Gasteiger partial charge is 0.306 e. The SMILES string of the molecule is CCC(CN)CC(=O)OC1CCCc2ccccc21. The molecule has 2 atom stereocenters. The van der Waals surface area contributed by atoms with Crippen LogP contribution >= 0.6 is 0 Å². The minimum absolute atomic E-state index is 0.0623. The first-order valence-electron chi connectivity index (χ1n) is 7.22. The van der Waals surface area contributed by atoms with Gasteiger partial charge in [0.15, 0.2) is 0 Å². The molecule has 104 valence electrons. The number of aryl methyl sites for hydroxylation is 1. The summed E-state index contributed by atoms with van der Waals surface area (Å²) in [5.41, 5.74) is 8.13. The number of benzene rings is 1. The lowest BCUT2D eigenvalue weighted by Crippen LogP contribution is -2.22. The highest BCUT2D eigenvalue weighted by molar-refractivity contribution is 5.70. The molecule has 0 saturated heterocycles. The lowest BCUT2D eigenvalue weighted by molar-refractivity contribution is -0.151. The summed E-state index contributed by atoms with van der Waals surface area (Å²) in [5.74, 6) is 0.130. The van der Waals surface area contributed by atoms with Gasteiger partial charge in [0.25, 0.3) is 0 Å². The molecule has 1 aromatic rings. The van der Waals surface area contributed by atoms with E-state index in [1.165, 1.54) is 11.1 Å². The molecule has 0 radical (unpaired) electrons. The van der Waals surface area contributed by atoms with Gasteiger partial charge in [-0.2, -0.15) is 0 Å². The predicted octanol–water partition coefficient (Wildman–Crippen LogP) is 2.98. The molecule has 2 unspecified atom stereocenters. The van der Waals surface area contributed by atoms with E-state index >= 15 is 0 Å². The molecule has 1 aliphatic rings. The summed E-state index contributed by atoms with van der Waals surface area (Å²) in [4.78, 5) is 12.0. The standard InChI is InChI=1S/C16H23NO2/c1-2-12(11-17)10-16(18)19-15-9-5-7-13-6-3-4-8-14(13)15/h3-4,6,8,12,15H,2,5,7,9-11,17H2,1H3. The third-order valence-electron chi connectivity index (χ3n) is 3.95. The minimum Gasteiger partial charge on any atom is -0.457 e.